The van der Waals surface area contributed by atoms with Crippen molar-refractivity contribution in [3.63, 3.8) is 0 Å². The number of hydrogen-bond donors (Lipinski definition) is 1. The van der Waals surface area contributed by atoms with Crippen molar-refractivity contribution in [2.24, 2.45) is 0 Å². The molecular formula is C13H18N2S. The molecule has 1 aliphatic rings. The molecule has 1 aliphatic heterocycles. The lowest BCUT2D eigenvalue weighted by molar-refractivity contribution is 0.272. The molecule has 0 saturated heterocycles. The van der Waals surface area contributed by atoms with Gasteiger partial charge in [-0.3, -0.25) is 4.90 Å². The number of hydrogen-bond acceptors (Lipinski definition) is 3. The van der Waals surface area contributed by atoms with E-state index in [0.717, 1.165) is 13.1 Å². The predicted molar refractivity (Wildman–Crippen MR) is 71.9 cm³/mol. The van der Waals surface area contributed by atoms with Crippen molar-refractivity contribution in [2.45, 2.75) is 19.3 Å². The first kappa shape index (κ1) is 11.6. The Morgan fingerprint density at radius 3 is 2.50 bits per heavy atom. The van der Waals surface area contributed by atoms with Gasteiger partial charge in [0.05, 0.1) is 0 Å². The van der Waals surface area contributed by atoms with Gasteiger partial charge >= 0.3 is 0 Å². The topological polar surface area (TPSA) is 15.3 Å². The molecule has 0 spiro atoms. The molecule has 86 valence electrons. The Morgan fingerprint density at radius 2 is 1.88 bits per heavy atom. The van der Waals surface area contributed by atoms with Crippen LogP contribution in [0.1, 0.15) is 19.4 Å². The number of rotatable bonds is 4. The molecule has 0 bridgehead atoms. The Labute approximate surface area is 102 Å². The van der Waals surface area contributed by atoms with Crippen molar-refractivity contribution in [1.29, 1.82) is 0 Å². The van der Waals surface area contributed by atoms with Crippen molar-refractivity contribution in [3.05, 3.63) is 41.3 Å². The Balaban J connectivity index is 2.02. The molecular weight excluding hydrogens is 216 g/mol. The highest BCUT2D eigenvalue weighted by molar-refractivity contribution is 8.03. The summed E-state index contributed by atoms with van der Waals surface area (Å²) < 4.78 is 0. The van der Waals surface area contributed by atoms with Crippen LogP contribution in [0.3, 0.4) is 0 Å². The van der Waals surface area contributed by atoms with Gasteiger partial charge < -0.3 is 5.32 Å². The van der Waals surface area contributed by atoms with Gasteiger partial charge in [-0.05, 0) is 24.1 Å². The summed E-state index contributed by atoms with van der Waals surface area (Å²) in [7, 11) is 0. The molecule has 16 heavy (non-hydrogen) atoms. The number of benzene rings is 1. The van der Waals surface area contributed by atoms with Crippen molar-refractivity contribution >= 4 is 17.5 Å². The lowest BCUT2D eigenvalue weighted by atomic mass is 10.2. The van der Waals surface area contributed by atoms with E-state index >= 15 is 0 Å². The molecule has 1 unspecified atom stereocenters. The maximum absolute atomic E-state index is 3.56. The van der Waals surface area contributed by atoms with Crippen LogP contribution in [0.5, 0.6) is 0 Å². The molecule has 1 heterocycles. The molecule has 0 fully saturated rings. The van der Waals surface area contributed by atoms with Crippen molar-refractivity contribution in [3.8, 4) is 0 Å². The summed E-state index contributed by atoms with van der Waals surface area (Å²) in [6.45, 7) is 6.56. The molecule has 2 rings (SSSR count). The lowest BCUT2D eigenvalue weighted by Crippen LogP contribution is -2.39. The van der Waals surface area contributed by atoms with Crippen LogP contribution in [0.4, 0.5) is 0 Å². The van der Waals surface area contributed by atoms with E-state index in [-0.39, 0.29) is 0 Å². The Kier molecular flexibility index (Phi) is 3.91. The van der Waals surface area contributed by atoms with Crippen LogP contribution in [-0.4, -0.2) is 23.5 Å². The molecule has 1 N–H and O–H groups in total. The standard InChI is InChI=1S/C13H18N2S/c1-3-15(4-2)13-14-12(10-16-13)11-8-6-5-7-9-11/h5-10,13-14H,3-4H2,1-2H3. The Bertz CT molecular complexity index is 357. The third kappa shape index (κ3) is 2.42. The minimum Gasteiger partial charge on any atom is -0.360 e. The van der Waals surface area contributed by atoms with E-state index in [1.54, 1.807) is 0 Å². The minimum absolute atomic E-state index is 0.394. The lowest BCUT2D eigenvalue weighted by Gasteiger charge is -2.26. The highest BCUT2D eigenvalue weighted by atomic mass is 32.2. The number of nitrogens with zero attached hydrogens (tertiary/aromatic N) is 1. The van der Waals surface area contributed by atoms with E-state index in [2.05, 4.69) is 53.7 Å². The second kappa shape index (κ2) is 5.41. The van der Waals surface area contributed by atoms with Crippen LogP contribution < -0.4 is 5.32 Å². The van der Waals surface area contributed by atoms with Crippen LogP contribution in [0, 0.1) is 0 Å². The highest BCUT2D eigenvalue weighted by Gasteiger charge is 2.21. The molecule has 0 aliphatic carbocycles. The highest BCUT2D eigenvalue weighted by Crippen LogP contribution is 2.28. The summed E-state index contributed by atoms with van der Waals surface area (Å²) in [4.78, 5) is 2.41. The summed E-state index contributed by atoms with van der Waals surface area (Å²) in [5, 5.41) is 5.78. The zero-order valence-corrected chi connectivity index (χ0v) is 10.6. The average molecular weight is 234 g/mol. The average Bonchev–Trinajstić information content (AvgIpc) is 2.81. The fourth-order valence-electron chi connectivity index (χ4n) is 1.84. The third-order valence-corrected chi connectivity index (χ3v) is 3.87. The summed E-state index contributed by atoms with van der Waals surface area (Å²) in [5.41, 5.74) is 2.90. The normalized spacial score (nSPS) is 19.7. The summed E-state index contributed by atoms with van der Waals surface area (Å²) in [6, 6.07) is 10.5. The van der Waals surface area contributed by atoms with Gasteiger partial charge in [0, 0.05) is 5.70 Å². The van der Waals surface area contributed by atoms with E-state index < -0.39 is 0 Å². The second-order valence-electron chi connectivity index (χ2n) is 3.75. The minimum atomic E-state index is 0.394. The zero-order chi connectivity index (χ0) is 11.4. The van der Waals surface area contributed by atoms with E-state index in [1.165, 1.54) is 11.3 Å². The predicted octanol–water partition coefficient (Wildman–Crippen LogP) is 2.95. The first-order valence-electron chi connectivity index (χ1n) is 5.76. The fourth-order valence-corrected chi connectivity index (χ4v) is 2.97. The monoisotopic (exact) mass is 234 g/mol. The Hall–Kier alpha value is -0.930. The molecule has 1 atom stereocenters. The van der Waals surface area contributed by atoms with Gasteiger partial charge in [-0.25, -0.2) is 0 Å². The molecule has 1 aromatic rings. The van der Waals surface area contributed by atoms with Crippen LogP contribution >= 0.6 is 11.8 Å². The summed E-state index contributed by atoms with van der Waals surface area (Å²) in [5.74, 6) is 0. The fraction of sp³-hybridized carbons (Fsp3) is 0.385. The molecule has 0 aromatic heterocycles. The molecule has 2 nitrogen and oxygen atoms in total. The molecule has 0 amide bonds. The zero-order valence-electron chi connectivity index (χ0n) is 9.81. The van der Waals surface area contributed by atoms with E-state index in [1.807, 2.05) is 17.8 Å². The maximum Gasteiger partial charge on any atom is 0.132 e. The van der Waals surface area contributed by atoms with Gasteiger partial charge in [0.1, 0.15) is 5.50 Å². The smallest absolute Gasteiger partial charge is 0.132 e. The number of nitrogens with one attached hydrogen (secondary N) is 1. The SMILES string of the molecule is CCN(CC)C1NC(c2ccccc2)=CS1. The maximum atomic E-state index is 3.56. The molecule has 0 saturated carbocycles. The van der Waals surface area contributed by atoms with Crippen LogP contribution in [-0.2, 0) is 0 Å². The number of thioether (sulfide) groups is 1. The van der Waals surface area contributed by atoms with Crippen LogP contribution in [0.2, 0.25) is 0 Å². The van der Waals surface area contributed by atoms with Gasteiger partial charge in [-0.15, -0.1) is 0 Å². The van der Waals surface area contributed by atoms with Gasteiger partial charge in [-0.2, -0.15) is 0 Å². The molecule has 0 radical (unpaired) electrons. The first-order chi connectivity index (χ1) is 7.85. The summed E-state index contributed by atoms with van der Waals surface area (Å²) in [6.07, 6.45) is 0. The van der Waals surface area contributed by atoms with Crippen molar-refractivity contribution in [2.75, 3.05) is 13.1 Å². The van der Waals surface area contributed by atoms with Crippen molar-refractivity contribution < 1.29 is 0 Å². The third-order valence-electron chi connectivity index (χ3n) is 2.82. The van der Waals surface area contributed by atoms with Crippen LogP contribution in [0.25, 0.3) is 5.70 Å². The molecule has 3 heteroatoms. The van der Waals surface area contributed by atoms with Gasteiger partial charge in [-0.1, -0.05) is 55.9 Å². The van der Waals surface area contributed by atoms with Gasteiger partial charge in [0.15, 0.2) is 0 Å². The largest absolute Gasteiger partial charge is 0.360 e. The van der Waals surface area contributed by atoms with E-state index in [9.17, 15) is 0 Å². The van der Waals surface area contributed by atoms with Gasteiger partial charge in [0.2, 0.25) is 0 Å². The molecule has 1 aromatic carbocycles. The van der Waals surface area contributed by atoms with E-state index in [4.69, 9.17) is 0 Å². The summed E-state index contributed by atoms with van der Waals surface area (Å²) >= 11 is 1.86. The van der Waals surface area contributed by atoms with E-state index in [0.29, 0.717) is 5.50 Å². The Morgan fingerprint density at radius 1 is 1.19 bits per heavy atom. The quantitative estimate of drug-likeness (QED) is 0.862. The van der Waals surface area contributed by atoms with Gasteiger partial charge in [0.25, 0.3) is 0 Å². The second-order valence-corrected chi connectivity index (χ2v) is 4.71. The van der Waals surface area contributed by atoms with Crippen LogP contribution in [0.15, 0.2) is 35.7 Å². The van der Waals surface area contributed by atoms with Crippen molar-refractivity contribution in [1.82, 2.24) is 10.2 Å². The first-order valence-corrected chi connectivity index (χ1v) is 6.71.